The Hall–Kier alpha value is -2.24. The molecule has 0 aromatic heterocycles. The van der Waals surface area contributed by atoms with Gasteiger partial charge in [0, 0.05) is 17.7 Å². The smallest absolute Gasteiger partial charge is 0.258 e. The van der Waals surface area contributed by atoms with Crippen LogP contribution in [0.2, 0.25) is 0 Å². The number of nitrogens with zero attached hydrogens (tertiary/aromatic N) is 1. The topological polar surface area (TPSA) is 80.2 Å². The third-order valence-electron chi connectivity index (χ3n) is 3.51. The molecule has 6 heteroatoms. The maximum atomic E-state index is 11.7. The molecule has 1 aromatic carbocycles. The predicted octanol–water partition coefficient (Wildman–Crippen LogP) is 1.80. The summed E-state index contributed by atoms with van der Waals surface area (Å²) < 4.78 is 10.8. The van der Waals surface area contributed by atoms with Crippen LogP contribution in [0, 0.1) is 5.92 Å². The molecule has 1 heterocycles. The van der Waals surface area contributed by atoms with Crippen LogP contribution in [-0.4, -0.2) is 36.1 Å². The molecule has 1 aromatic rings. The highest BCUT2D eigenvalue weighted by atomic mass is 16.5. The lowest BCUT2D eigenvalue weighted by molar-refractivity contribution is -0.124. The first-order valence-electron chi connectivity index (χ1n) is 6.91. The number of ether oxygens (including phenoxy) is 2. The number of amides is 1. The van der Waals surface area contributed by atoms with Crippen LogP contribution >= 0.6 is 0 Å². The van der Waals surface area contributed by atoms with Crippen molar-refractivity contribution in [2.45, 2.75) is 26.8 Å². The molecule has 0 saturated heterocycles. The van der Waals surface area contributed by atoms with Crippen molar-refractivity contribution in [3.63, 3.8) is 0 Å². The third-order valence-corrected chi connectivity index (χ3v) is 3.51. The Kier molecular flexibility index (Phi) is 4.67. The summed E-state index contributed by atoms with van der Waals surface area (Å²) in [6, 6.07) is 5.26. The van der Waals surface area contributed by atoms with E-state index in [1.165, 1.54) is 0 Å². The van der Waals surface area contributed by atoms with Crippen LogP contribution in [0.5, 0.6) is 11.5 Å². The molecule has 1 aliphatic heterocycles. The number of nitrogens with one attached hydrogen (secondary N) is 1. The van der Waals surface area contributed by atoms with Crippen LogP contribution < -0.4 is 14.8 Å². The number of carbonyl (C=O) groups is 1. The summed E-state index contributed by atoms with van der Waals surface area (Å²) in [5, 5.41) is 14.8. The second-order valence-corrected chi connectivity index (χ2v) is 5.38. The van der Waals surface area contributed by atoms with Gasteiger partial charge in [-0.05, 0) is 25.0 Å². The van der Waals surface area contributed by atoms with Crippen molar-refractivity contribution >= 4 is 11.6 Å². The fraction of sp³-hybridized carbons (Fsp3) is 0.467. The minimum absolute atomic E-state index is 0.0448. The van der Waals surface area contributed by atoms with Crippen LogP contribution in [-0.2, 0) is 4.79 Å². The van der Waals surface area contributed by atoms with Crippen molar-refractivity contribution in [2.75, 3.05) is 13.2 Å². The number of carbonyl (C=O) groups excluding carboxylic acids is 1. The minimum Gasteiger partial charge on any atom is -0.486 e. The van der Waals surface area contributed by atoms with Gasteiger partial charge in [-0.2, -0.15) is 0 Å². The van der Waals surface area contributed by atoms with E-state index >= 15 is 0 Å². The second kappa shape index (κ2) is 6.47. The Morgan fingerprint density at radius 1 is 1.48 bits per heavy atom. The van der Waals surface area contributed by atoms with Crippen molar-refractivity contribution in [3.8, 4) is 11.5 Å². The normalized spacial score (nSPS) is 16.5. The van der Waals surface area contributed by atoms with E-state index in [9.17, 15) is 4.79 Å². The number of fused-ring (bicyclic) bond motifs is 1. The van der Waals surface area contributed by atoms with E-state index in [0.29, 0.717) is 23.1 Å². The molecule has 2 rings (SSSR count). The van der Waals surface area contributed by atoms with E-state index < -0.39 is 0 Å². The number of benzene rings is 1. The van der Waals surface area contributed by atoms with Crippen molar-refractivity contribution < 1.29 is 19.5 Å². The van der Waals surface area contributed by atoms with Crippen molar-refractivity contribution in [1.29, 1.82) is 0 Å². The van der Waals surface area contributed by atoms with E-state index in [0.717, 1.165) is 5.56 Å². The summed E-state index contributed by atoms with van der Waals surface area (Å²) in [4.78, 5) is 11.7. The van der Waals surface area contributed by atoms with Crippen LogP contribution in [0.3, 0.4) is 0 Å². The van der Waals surface area contributed by atoms with Crippen LogP contribution in [0.4, 0.5) is 0 Å². The quantitative estimate of drug-likeness (QED) is 0.640. The van der Waals surface area contributed by atoms with Gasteiger partial charge in [-0.3, -0.25) is 4.79 Å². The standard InChI is InChI=1S/C15H20N2O4/c1-9(2)10(3)16-15(18)8-20-11-4-5-12-13(17-19)7-21-14(12)6-11/h4-6,9-10,19H,7-8H2,1-3H3,(H,16,18). The third kappa shape index (κ3) is 3.65. The van der Waals surface area contributed by atoms with E-state index in [1.807, 2.05) is 20.8 Å². The molecule has 0 radical (unpaired) electrons. The first kappa shape index (κ1) is 15.2. The molecule has 0 fully saturated rings. The fourth-order valence-corrected chi connectivity index (χ4v) is 1.87. The summed E-state index contributed by atoms with van der Waals surface area (Å²) in [6.07, 6.45) is 0. The Balaban J connectivity index is 1.92. The van der Waals surface area contributed by atoms with Gasteiger partial charge in [-0.15, -0.1) is 0 Å². The molecule has 0 saturated carbocycles. The Morgan fingerprint density at radius 2 is 2.24 bits per heavy atom. The summed E-state index contributed by atoms with van der Waals surface area (Å²) >= 11 is 0. The Bertz CT molecular complexity index is 555. The first-order valence-corrected chi connectivity index (χ1v) is 6.91. The van der Waals surface area contributed by atoms with Gasteiger partial charge in [0.15, 0.2) is 6.61 Å². The van der Waals surface area contributed by atoms with Gasteiger partial charge in [-0.25, -0.2) is 0 Å². The molecule has 21 heavy (non-hydrogen) atoms. The molecule has 0 spiro atoms. The molecule has 1 aliphatic rings. The van der Waals surface area contributed by atoms with Crippen LogP contribution in [0.15, 0.2) is 23.4 Å². The zero-order valence-corrected chi connectivity index (χ0v) is 12.4. The number of oxime groups is 1. The lowest BCUT2D eigenvalue weighted by Gasteiger charge is -2.17. The highest BCUT2D eigenvalue weighted by Crippen LogP contribution is 2.29. The van der Waals surface area contributed by atoms with Gasteiger partial charge in [-0.1, -0.05) is 19.0 Å². The van der Waals surface area contributed by atoms with Gasteiger partial charge >= 0.3 is 0 Å². The Labute approximate surface area is 123 Å². The summed E-state index contributed by atoms with van der Waals surface area (Å²) in [6.45, 7) is 6.24. The molecule has 1 unspecified atom stereocenters. The summed E-state index contributed by atoms with van der Waals surface area (Å²) in [5.74, 6) is 1.35. The average molecular weight is 292 g/mol. The molecule has 1 atom stereocenters. The zero-order chi connectivity index (χ0) is 15.4. The van der Waals surface area contributed by atoms with Crippen molar-refractivity contribution in [1.82, 2.24) is 5.32 Å². The molecule has 2 N–H and O–H groups in total. The van der Waals surface area contributed by atoms with Crippen molar-refractivity contribution in [2.24, 2.45) is 11.1 Å². The van der Waals surface area contributed by atoms with Gasteiger partial charge < -0.3 is 20.0 Å². The van der Waals surface area contributed by atoms with Gasteiger partial charge in [0.25, 0.3) is 5.91 Å². The van der Waals surface area contributed by atoms with Gasteiger partial charge in [0.1, 0.15) is 23.8 Å². The van der Waals surface area contributed by atoms with Gasteiger partial charge in [0.2, 0.25) is 0 Å². The molecule has 6 nitrogen and oxygen atoms in total. The van der Waals surface area contributed by atoms with E-state index in [-0.39, 0.29) is 25.2 Å². The van der Waals surface area contributed by atoms with Gasteiger partial charge in [0.05, 0.1) is 0 Å². The van der Waals surface area contributed by atoms with E-state index in [2.05, 4.69) is 10.5 Å². The summed E-state index contributed by atoms with van der Waals surface area (Å²) in [5.41, 5.74) is 1.22. The number of hydrogen-bond donors (Lipinski definition) is 2. The van der Waals surface area contributed by atoms with Crippen molar-refractivity contribution in [3.05, 3.63) is 23.8 Å². The average Bonchev–Trinajstić information content (AvgIpc) is 2.87. The molecule has 114 valence electrons. The summed E-state index contributed by atoms with van der Waals surface area (Å²) in [7, 11) is 0. The molecular weight excluding hydrogens is 272 g/mol. The Morgan fingerprint density at radius 3 is 2.90 bits per heavy atom. The van der Waals surface area contributed by atoms with E-state index in [4.69, 9.17) is 14.7 Å². The molecule has 1 amide bonds. The zero-order valence-electron chi connectivity index (χ0n) is 12.4. The predicted molar refractivity (Wildman–Crippen MR) is 78.2 cm³/mol. The second-order valence-electron chi connectivity index (χ2n) is 5.38. The van der Waals surface area contributed by atoms with Crippen LogP contribution in [0.1, 0.15) is 26.3 Å². The lowest BCUT2D eigenvalue weighted by atomic mass is 10.1. The molecule has 0 bridgehead atoms. The molecule has 0 aliphatic carbocycles. The molecular formula is C15H20N2O4. The fourth-order valence-electron chi connectivity index (χ4n) is 1.87. The maximum Gasteiger partial charge on any atom is 0.258 e. The highest BCUT2D eigenvalue weighted by Gasteiger charge is 2.20. The van der Waals surface area contributed by atoms with E-state index in [1.54, 1.807) is 18.2 Å². The number of rotatable bonds is 5. The largest absolute Gasteiger partial charge is 0.486 e. The SMILES string of the molecule is CC(C)C(C)NC(=O)COc1ccc2c(c1)OCC2=NO. The first-order chi connectivity index (χ1) is 10.0. The monoisotopic (exact) mass is 292 g/mol. The minimum atomic E-state index is -0.157. The number of hydrogen-bond acceptors (Lipinski definition) is 5. The highest BCUT2D eigenvalue weighted by molar-refractivity contribution is 6.06. The van der Waals surface area contributed by atoms with Crippen LogP contribution in [0.25, 0.3) is 0 Å². The lowest BCUT2D eigenvalue weighted by Crippen LogP contribution is -2.38. The maximum absolute atomic E-state index is 11.7.